The van der Waals surface area contributed by atoms with E-state index in [4.69, 9.17) is 24.4 Å². The van der Waals surface area contributed by atoms with Crippen LogP contribution < -0.4 is 21.3 Å². The number of hydrogen-bond donors (Lipinski definition) is 4. The molecule has 10 heteroatoms. The van der Waals surface area contributed by atoms with Crippen molar-refractivity contribution >= 4 is 57.8 Å². The van der Waals surface area contributed by atoms with E-state index in [9.17, 15) is 18.4 Å². The number of anilines is 2. The predicted molar refractivity (Wildman–Crippen MR) is 127 cm³/mol. The summed E-state index contributed by atoms with van der Waals surface area (Å²) in [4.78, 5) is 24.2. The summed E-state index contributed by atoms with van der Waals surface area (Å²) < 4.78 is 25.9. The lowest BCUT2D eigenvalue weighted by Gasteiger charge is -2.12. The number of benzene rings is 3. The quantitative estimate of drug-likeness (QED) is 0.428. The highest BCUT2D eigenvalue weighted by Gasteiger charge is 2.10. The van der Waals surface area contributed by atoms with Gasteiger partial charge in [0.25, 0.3) is 11.8 Å². The zero-order valence-corrected chi connectivity index (χ0v) is 18.0. The van der Waals surface area contributed by atoms with E-state index in [0.717, 1.165) is 0 Å². The number of carbonyl (C=O) groups is 2. The Morgan fingerprint density at radius 1 is 0.562 bits per heavy atom. The van der Waals surface area contributed by atoms with Gasteiger partial charge in [0.1, 0.15) is 11.6 Å². The SMILES string of the molecule is O=C(NC(=S)Nc1ccc(NC(=S)NC(=O)c2ccc(F)cc2)cc1)c1ccc(F)cc1. The lowest BCUT2D eigenvalue weighted by atomic mass is 10.2. The van der Waals surface area contributed by atoms with Crippen molar-refractivity contribution in [1.29, 1.82) is 0 Å². The Hall–Kier alpha value is -3.76. The average molecular weight is 471 g/mol. The summed E-state index contributed by atoms with van der Waals surface area (Å²) in [6, 6.07) is 16.9. The van der Waals surface area contributed by atoms with Crippen LogP contribution in [0.5, 0.6) is 0 Å². The molecule has 0 radical (unpaired) electrons. The number of carbonyl (C=O) groups excluding carboxylic acids is 2. The maximum atomic E-state index is 12.9. The monoisotopic (exact) mass is 470 g/mol. The summed E-state index contributed by atoms with van der Waals surface area (Å²) in [7, 11) is 0. The van der Waals surface area contributed by atoms with Gasteiger partial charge in [-0.05, 0) is 97.2 Å². The summed E-state index contributed by atoms with van der Waals surface area (Å²) >= 11 is 10.2. The van der Waals surface area contributed by atoms with Gasteiger partial charge in [-0.1, -0.05) is 0 Å². The number of rotatable bonds is 4. The van der Waals surface area contributed by atoms with E-state index in [-0.39, 0.29) is 21.4 Å². The predicted octanol–water partition coefficient (Wildman–Crippen LogP) is 4.22. The maximum absolute atomic E-state index is 12.9. The van der Waals surface area contributed by atoms with Crippen molar-refractivity contribution in [1.82, 2.24) is 10.6 Å². The molecular weight excluding hydrogens is 454 g/mol. The molecule has 0 atom stereocenters. The highest BCUT2D eigenvalue weighted by atomic mass is 32.1. The number of amides is 2. The zero-order valence-electron chi connectivity index (χ0n) is 16.3. The highest BCUT2D eigenvalue weighted by molar-refractivity contribution is 7.80. The fourth-order valence-corrected chi connectivity index (χ4v) is 2.94. The molecule has 0 aliphatic heterocycles. The van der Waals surface area contributed by atoms with Crippen molar-refractivity contribution in [3.63, 3.8) is 0 Å². The topological polar surface area (TPSA) is 82.3 Å². The van der Waals surface area contributed by atoms with Crippen molar-refractivity contribution in [2.75, 3.05) is 10.6 Å². The van der Waals surface area contributed by atoms with E-state index in [1.165, 1.54) is 48.5 Å². The van der Waals surface area contributed by atoms with Gasteiger partial charge in [0.2, 0.25) is 0 Å². The molecule has 0 bridgehead atoms. The Labute approximate surface area is 193 Å². The Balaban J connectivity index is 1.49. The summed E-state index contributed by atoms with van der Waals surface area (Å²) in [6.45, 7) is 0. The number of halogens is 2. The van der Waals surface area contributed by atoms with E-state index in [1.807, 2.05) is 0 Å². The first kappa shape index (κ1) is 22.9. The molecule has 3 aromatic rings. The first-order valence-corrected chi connectivity index (χ1v) is 9.98. The zero-order chi connectivity index (χ0) is 23.1. The second kappa shape index (κ2) is 10.5. The fourth-order valence-electron chi connectivity index (χ4n) is 2.51. The number of nitrogens with one attached hydrogen (secondary N) is 4. The maximum Gasteiger partial charge on any atom is 0.257 e. The first-order valence-electron chi connectivity index (χ1n) is 9.16. The Morgan fingerprint density at radius 3 is 1.19 bits per heavy atom. The van der Waals surface area contributed by atoms with Crippen LogP contribution in [0.15, 0.2) is 72.8 Å². The highest BCUT2D eigenvalue weighted by Crippen LogP contribution is 2.14. The van der Waals surface area contributed by atoms with Crippen molar-refractivity contribution in [2.24, 2.45) is 0 Å². The lowest BCUT2D eigenvalue weighted by Crippen LogP contribution is -2.34. The van der Waals surface area contributed by atoms with Gasteiger partial charge in [-0.25, -0.2) is 8.78 Å². The third kappa shape index (κ3) is 6.62. The molecule has 0 aliphatic carbocycles. The summed E-state index contributed by atoms with van der Waals surface area (Å²) in [5.74, 6) is -1.82. The van der Waals surface area contributed by atoms with Gasteiger partial charge < -0.3 is 10.6 Å². The molecule has 0 spiro atoms. The van der Waals surface area contributed by atoms with E-state index in [2.05, 4.69) is 21.3 Å². The second-order valence-corrected chi connectivity index (χ2v) is 7.22. The van der Waals surface area contributed by atoms with E-state index in [0.29, 0.717) is 11.4 Å². The van der Waals surface area contributed by atoms with Crippen LogP contribution in [-0.4, -0.2) is 22.0 Å². The standard InChI is InChI=1S/C22H16F2N4O2S2/c23-15-5-1-13(2-6-15)19(29)27-21(31)25-17-9-11-18(12-10-17)26-22(32)28-20(30)14-3-7-16(24)8-4-14/h1-12H,(H2,25,27,29,31)(H2,26,28,30,32). The van der Waals surface area contributed by atoms with Gasteiger partial charge in [0.05, 0.1) is 0 Å². The molecule has 3 aromatic carbocycles. The molecule has 0 aromatic heterocycles. The normalized spacial score (nSPS) is 10.1. The van der Waals surface area contributed by atoms with Crippen molar-refractivity contribution in [3.05, 3.63) is 95.6 Å². The molecule has 0 saturated carbocycles. The molecular formula is C22H16F2N4O2S2. The third-order valence-electron chi connectivity index (χ3n) is 4.07. The van der Waals surface area contributed by atoms with E-state index >= 15 is 0 Å². The van der Waals surface area contributed by atoms with Crippen LogP contribution in [0.4, 0.5) is 20.2 Å². The van der Waals surface area contributed by atoms with Crippen LogP contribution in [0.2, 0.25) is 0 Å². The summed E-state index contributed by atoms with van der Waals surface area (Å²) in [6.07, 6.45) is 0. The van der Waals surface area contributed by atoms with Crippen LogP contribution in [0.25, 0.3) is 0 Å². The largest absolute Gasteiger partial charge is 0.332 e. The Bertz CT molecular complexity index is 1060. The minimum Gasteiger partial charge on any atom is -0.332 e. The van der Waals surface area contributed by atoms with Gasteiger partial charge in [0.15, 0.2) is 10.2 Å². The number of hydrogen-bond acceptors (Lipinski definition) is 4. The van der Waals surface area contributed by atoms with Crippen LogP contribution in [0.3, 0.4) is 0 Å². The molecule has 162 valence electrons. The van der Waals surface area contributed by atoms with Crippen LogP contribution in [0, 0.1) is 11.6 Å². The molecule has 4 N–H and O–H groups in total. The molecule has 0 aliphatic rings. The summed E-state index contributed by atoms with van der Waals surface area (Å²) in [5, 5.41) is 10.9. The minimum absolute atomic E-state index is 0.0714. The smallest absolute Gasteiger partial charge is 0.257 e. The molecule has 0 saturated heterocycles. The van der Waals surface area contributed by atoms with E-state index < -0.39 is 23.4 Å². The third-order valence-corrected chi connectivity index (χ3v) is 4.48. The van der Waals surface area contributed by atoms with Crippen molar-refractivity contribution in [2.45, 2.75) is 0 Å². The van der Waals surface area contributed by atoms with Crippen molar-refractivity contribution < 1.29 is 18.4 Å². The van der Waals surface area contributed by atoms with Crippen LogP contribution in [0.1, 0.15) is 20.7 Å². The first-order chi connectivity index (χ1) is 15.3. The second-order valence-electron chi connectivity index (χ2n) is 6.41. The van der Waals surface area contributed by atoms with Gasteiger partial charge in [0, 0.05) is 22.5 Å². The Kier molecular flexibility index (Phi) is 7.53. The minimum atomic E-state index is -0.469. The fraction of sp³-hybridized carbons (Fsp3) is 0. The van der Waals surface area contributed by atoms with Crippen LogP contribution in [-0.2, 0) is 0 Å². The molecule has 0 unspecified atom stereocenters. The summed E-state index contributed by atoms with van der Waals surface area (Å²) in [5.41, 5.74) is 1.74. The van der Waals surface area contributed by atoms with Crippen LogP contribution >= 0.6 is 24.4 Å². The molecule has 6 nitrogen and oxygen atoms in total. The average Bonchev–Trinajstić information content (AvgIpc) is 2.76. The lowest BCUT2D eigenvalue weighted by molar-refractivity contribution is 0.0969. The van der Waals surface area contributed by atoms with E-state index in [1.54, 1.807) is 24.3 Å². The molecule has 0 fully saturated rings. The number of thiocarbonyl (C=S) groups is 2. The molecule has 2 amide bonds. The molecule has 3 rings (SSSR count). The van der Waals surface area contributed by atoms with Gasteiger partial charge in [-0.2, -0.15) is 0 Å². The van der Waals surface area contributed by atoms with Gasteiger partial charge >= 0.3 is 0 Å². The van der Waals surface area contributed by atoms with Gasteiger partial charge in [-0.3, -0.25) is 20.2 Å². The van der Waals surface area contributed by atoms with Crippen molar-refractivity contribution in [3.8, 4) is 0 Å². The molecule has 32 heavy (non-hydrogen) atoms. The molecule has 0 heterocycles. The Morgan fingerprint density at radius 2 is 0.875 bits per heavy atom. The van der Waals surface area contributed by atoms with Gasteiger partial charge in [-0.15, -0.1) is 0 Å².